The monoisotopic (exact) mass is 254 g/mol. The lowest BCUT2D eigenvalue weighted by Gasteiger charge is -2.27. The minimum atomic E-state index is -0.0775. The Morgan fingerprint density at radius 3 is 2.71 bits per heavy atom. The molecule has 0 saturated carbocycles. The van der Waals surface area contributed by atoms with Gasteiger partial charge in [-0.2, -0.15) is 0 Å². The number of hydrogen-bond donors (Lipinski definition) is 1. The van der Waals surface area contributed by atoms with E-state index in [4.69, 9.17) is 22.4 Å². The third-order valence-electron chi connectivity index (χ3n) is 3.13. The first-order valence-corrected chi connectivity index (χ1v) is 6.41. The predicted octanol–water partition coefficient (Wildman–Crippen LogP) is 2.80. The van der Waals surface area contributed by atoms with Crippen molar-refractivity contribution < 1.29 is 4.42 Å². The van der Waals surface area contributed by atoms with Crippen molar-refractivity contribution in [3.05, 3.63) is 24.2 Å². The second-order valence-electron chi connectivity index (χ2n) is 4.95. The van der Waals surface area contributed by atoms with E-state index in [1.54, 1.807) is 6.26 Å². The molecule has 17 heavy (non-hydrogen) atoms. The molecule has 0 unspecified atom stereocenters. The molecule has 96 valence electrons. The minimum absolute atomic E-state index is 0.0775. The molecule has 0 radical (unpaired) electrons. The SMILES string of the molecule is CCN(CCC(C)(C)C(N)=S)Cc1ccco1. The number of furan rings is 1. The van der Waals surface area contributed by atoms with Gasteiger partial charge in [-0.3, -0.25) is 4.90 Å². The van der Waals surface area contributed by atoms with E-state index in [-0.39, 0.29) is 5.41 Å². The zero-order valence-electron chi connectivity index (χ0n) is 10.9. The summed E-state index contributed by atoms with van der Waals surface area (Å²) in [7, 11) is 0. The van der Waals surface area contributed by atoms with Gasteiger partial charge in [0.1, 0.15) is 5.76 Å². The summed E-state index contributed by atoms with van der Waals surface area (Å²) in [5.74, 6) is 1.000. The van der Waals surface area contributed by atoms with E-state index in [1.807, 2.05) is 12.1 Å². The van der Waals surface area contributed by atoms with Crippen molar-refractivity contribution in [1.82, 2.24) is 4.90 Å². The summed E-state index contributed by atoms with van der Waals surface area (Å²) in [5, 5.41) is 0. The van der Waals surface area contributed by atoms with Crippen molar-refractivity contribution in [1.29, 1.82) is 0 Å². The third-order valence-corrected chi connectivity index (χ3v) is 3.68. The van der Waals surface area contributed by atoms with Gasteiger partial charge in [0.25, 0.3) is 0 Å². The van der Waals surface area contributed by atoms with Crippen LogP contribution in [0.1, 0.15) is 33.0 Å². The zero-order chi connectivity index (χ0) is 12.9. The van der Waals surface area contributed by atoms with Crippen molar-refractivity contribution in [2.75, 3.05) is 13.1 Å². The molecule has 0 amide bonds. The summed E-state index contributed by atoms with van der Waals surface area (Å²) in [6, 6.07) is 3.92. The topological polar surface area (TPSA) is 42.4 Å². The van der Waals surface area contributed by atoms with Crippen LogP contribution in [-0.2, 0) is 6.54 Å². The maximum absolute atomic E-state index is 5.73. The highest BCUT2D eigenvalue weighted by atomic mass is 32.1. The van der Waals surface area contributed by atoms with Crippen LogP contribution in [0, 0.1) is 5.41 Å². The van der Waals surface area contributed by atoms with Gasteiger partial charge >= 0.3 is 0 Å². The molecule has 2 N–H and O–H groups in total. The van der Waals surface area contributed by atoms with Crippen LogP contribution in [0.5, 0.6) is 0 Å². The molecule has 1 heterocycles. The lowest BCUT2D eigenvalue weighted by molar-refractivity contribution is 0.231. The van der Waals surface area contributed by atoms with Gasteiger partial charge in [-0.25, -0.2) is 0 Å². The third kappa shape index (κ3) is 4.48. The standard InChI is InChI=1S/C13H22N2OS/c1-4-15(10-11-6-5-9-16-11)8-7-13(2,3)12(14)17/h5-6,9H,4,7-8,10H2,1-3H3,(H2,14,17). The highest BCUT2D eigenvalue weighted by molar-refractivity contribution is 7.80. The fraction of sp³-hybridized carbons (Fsp3) is 0.615. The molecule has 0 saturated heterocycles. The van der Waals surface area contributed by atoms with Gasteiger partial charge in [0.15, 0.2) is 0 Å². The minimum Gasteiger partial charge on any atom is -0.468 e. The summed E-state index contributed by atoms with van der Waals surface area (Å²) >= 11 is 5.08. The van der Waals surface area contributed by atoms with Crippen LogP contribution < -0.4 is 5.73 Å². The molecule has 1 rings (SSSR count). The van der Waals surface area contributed by atoms with E-state index < -0.39 is 0 Å². The molecule has 1 aromatic rings. The molecule has 0 spiro atoms. The summed E-state index contributed by atoms with van der Waals surface area (Å²) in [5.41, 5.74) is 5.65. The van der Waals surface area contributed by atoms with Crippen LogP contribution in [0.2, 0.25) is 0 Å². The molecular weight excluding hydrogens is 232 g/mol. The number of rotatable bonds is 7. The van der Waals surface area contributed by atoms with Gasteiger partial charge in [0, 0.05) is 5.41 Å². The Balaban J connectivity index is 2.45. The maximum Gasteiger partial charge on any atom is 0.117 e. The first kappa shape index (κ1) is 14.2. The van der Waals surface area contributed by atoms with E-state index >= 15 is 0 Å². The molecule has 0 aliphatic heterocycles. The zero-order valence-corrected chi connectivity index (χ0v) is 11.7. The Hall–Kier alpha value is -0.870. The lowest BCUT2D eigenvalue weighted by Crippen LogP contribution is -2.34. The highest BCUT2D eigenvalue weighted by Crippen LogP contribution is 2.21. The fourth-order valence-corrected chi connectivity index (χ4v) is 1.63. The number of thiocarbonyl (C=S) groups is 1. The molecule has 0 aromatic carbocycles. The molecule has 0 fully saturated rings. The molecular formula is C13H22N2OS. The number of nitrogens with two attached hydrogens (primary N) is 1. The molecule has 4 heteroatoms. The van der Waals surface area contributed by atoms with E-state index in [2.05, 4.69) is 25.7 Å². The van der Waals surface area contributed by atoms with E-state index in [0.29, 0.717) is 4.99 Å². The second kappa shape index (κ2) is 6.17. The van der Waals surface area contributed by atoms with Crippen LogP contribution in [-0.4, -0.2) is 23.0 Å². The Bertz CT molecular complexity index is 346. The van der Waals surface area contributed by atoms with Gasteiger partial charge in [-0.05, 0) is 31.6 Å². The smallest absolute Gasteiger partial charge is 0.117 e. The van der Waals surface area contributed by atoms with E-state index in [9.17, 15) is 0 Å². The van der Waals surface area contributed by atoms with Crippen LogP contribution in [0.3, 0.4) is 0 Å². The largest absolute Gasteiger partial charge is 0.468 e. The maximum atomic E-state index is 5.73. The van der Waals surface area contributed by atoms with Gasteiger partial charge in [-0.15, -0.1) is 0 Å². The molecule has 0 aliphatic carbocycles. The number of hydrogen-bond acceptors (Lipinski definition) is 3. The number of nitrogens with zero attached hydrogens (tertiary/aromatic N) is 1. The van der Waals surface area contributed by atoms with E-state index in [1.165, 1.54) is 0 Å². The molecule has 3 nitrogen and oxygen atoms in total. The Labute approximate surface area is 109 Å². The van der Waals surface area contributed by atoms with Gasteiger partial charge in [-0.1, -0.05) is 33.0 Å². The summed E-state index contributed by atoms with van der Waals surface area (Å²) in [6.45, 7) is 9.15. The quantitative estimate of drug-likeness (QED) is 0.760. The van der Waals surface area contributed by atoms with Crippen molar-refractivity contribution in [3.63, 3.8) is 0 Å². The molecule has 0 bridgehead atoms. The molecule has 1 aromatic heterocycles. The van der Waals surface area contributed by atoms with Crippen molar-refractivity contribution in [2.24, 2.45) is 11.1 Å². The van der Waals surface area contributed by atoms with Crippen molar-refractivity contribution >= 4 is 17.2 Å². The summed E-state index contributed by atoms with van der Waals surface area (Å²) < 4.78 is 5.35. The van der Waals surface area contributed by atoms with Crippen molar-refractivity contribution in [3.8, 4) is 0 Å². The fourth-order valence-electron chi connectivity index (χ4n) is 1.53. The predicted molar refractivity (Wildman–Crippen MR) is 74.8 cm³/mol. The second-order valence-corrected chi connectivity index (χ2v) is 5.39. The van der Waals surface area contributed by atoms with Crippen LogP contribution >= 0.6 is 12.2 Å². The average Bonchev–Trinajstić information content (AvgIpc) is 2.76. The van der Waals surface area contributed by atoms with Gasteiger partial charge in [0.05, 0.1) is 17.8 Å². The molecule has 0 aliphatic rings. The highest BCUT2D eigenvalue weighted by Gasteiger charge is 2.22. The Morgan fingerprint density at radius 2 is 2.24 bits per heavy atom. The van der Waals surface area contributed by atoms with Crippen LogP contribution in [0.4, 0.5) is 0 Å². The van der Waals surface area contributed by atoms with Gasteiger partial charge in [0.2, 0.25) is 0 Å². The lowest BCUT2D eigenvalue weighted by atomic mass is 9.89. The molecule has 0 atom stereocenters. The Morgan fingerprint density at radius 1 is 1.53 bits per heavy atom. The first-order chi connectivity index (χ1) is 7.95. The van der Waals surface area contributed by atoms with Crippen LogP contribution in [0.25, 0.3) is 0 Å². The summed E-state index contributed by atoms with van der Waals surface area (Å²) in [6.07, 6.45) is 2.68. The average molecular weight is 254 g/mol. The van der Waals surface area contributed by atoms with Crippen molar-refractivity contribution in [2.45, 2.75) is 33.7 Å². The normalized spacial score (nSPS) is 12.0. The first-order valence-electron chi connectivity index (χ1n) is 6.00. The van der Waals surface area contributed by atoms with E-state index in [0.717, 1.165) is 31.8 Å². The summed E-state index contributed by atoms with van der Waals surface area (Å²) in [4.78, 5) is 2.92. The Kier molecular flexibility index (Phi) is 5.15. The van der Waals surface area contributed by atoms with Crippen LogP contribution in [0.15, 0.2) is 22.8 Å². The van der Waals surface area contributed by atoms with Gasteiger partial charge < -0.3 is 10.2 Å².